The van der Waals surface area contributed by atoms with Crippen molar-refractivity contribution < 1.29 is 14.3 Å². The molecule has 0 saturated heterocycles. The average molecular weight is 438 g/mol. The van der Waals surface area contributed by atoms with Gasteiger partial charge in [0.15, 0.2) is 0 Å². The van der Waals surface area contributed by atoms with Gasteiger partial charge in [0.1, 0.15) is 12.4 Å². The molecule has 1 aliphatic rings. The van der Waals surface area contributed by atoms with E-state index in [-0.39, 0.29) is 18.4 Å². The zero-order valence-corrected chi connectivity index (χ0v) is 19.8. The van der Waals surface area contributed by atoms with Crippen molar-refractivity contribution >= 4 is 23.2 Å². The van der Waals surface area contributed by atoms with Crippen LogP contribution >= 0.6 is 0 Å². The second kappa shape index (κ2) is 10.1. The van der Waals surface area contributed by atoms with E-state index in [0.717, 1.165) is 17.8 Å². The van der Waals surface area contributed by atoms with Crippen LogP contribution < -0.4 is 20.3 Å². The molecule has 0 fully saturated rings. The Morgan fingerprint density at radius 2 is 1.81 bits per heavy atom. The second-order valence-electron chi connectivity index (χ2n) is 9.59. The molecule has 0 spiro atoms. The molecule has 6 nitrogen and oxygen atoms in total. The summed E-state index contributed by atoms with van der Waals surface area (Å²) in [6, 6.07) is 14.1. The Bertz CT molecular complexity index is 946. The number of rotatable bonds is 7. The summed E-state index contributed by atoms with van der Waals surface area (Å²) in [6.07, 6.45) is 0.796. The number of nitrogens with zero attached hydrogens (tertiary/aromatic N) is 1. The van der Waals surface area contributed by atoms with E-state index in [0.29, 0.717) is 31.4 Å². The number of nitrogens with one attached hydrogen (secondary N) is 2. The van der Waals surface area contributed by atoms with Gasteiger partial charge in [-0.05, 0) is 41.7 Å². The quantitative estimate of drug-likeness (QED) is 0.676. The molecule has 0 aromatic heterocycles. The van der Waals surface area contributed by atoms with Crippen LogP contribution in [0, 0.1) is 5.41 Å². The molecule has 2 aromatic rings. The van der Waals surface area contributed by atoms with Crippen LogP contribution in [0.2, 0.25) is 0 Å². The average Bonchev–Trinajstić information content (AvgIpc) is 2.76. The first-order valence-corrected chi connectivity index (χ1v) is 11.3. The molecule has 2 N–H and O–H groups in total. The fourth-order valence-corrected chi connectivity index (χ4v) is 3.60. The van der Waals surface area contributed by atoms with Gasteiger partial charge in [-0.2, -0.15) is 0 Å². The van der Waals surface area contributed by atoms with Crippen molar-refractivity contribution in [3.8, 4) is 5.75 Å². The van der Waals surface area contributed by atoms with Gasteiger partial charge in [-0.25, -0.2) is 0 Å². The van der Waals surface area contributed by atoms with Gasteiger partial charge >= 0.3 is 0 Å². The molecule has 0 radical (unpaired) electrons. The Balaban J connectivity index is 1.52. The van der Waals surface area contributed by atoms with Crippen LogP contribution in [-0.4, -0.2) is 38.1 Å². The minimum absolute atomic E-state index is 0.0540. The molecule has 32 heavy (non-hydrogen) atoms. The Labute approximate surface area is 191 Å². The first kappa shape index (κ1) is 23.6. The normalized spacial score (nSPS) is 13.4. The maximum Gasteiger partial charge on any atom is 0.239 e. The lowest BCUT2D eigenvalue weighted by Crippen LogP contribution is -2.44. The number of carbonyl (C=O) groups excluding carboxylic acids is 2. The molecular weight excluding hydrogens is 402 g/mol. The number of fused-ring (bicyclic) bond motifs is 1. The summed E-state index contributed by atoms with van der Waals surface area (Å²) in [7, 11) is 0. The van der Waals surface area contributed by atoms with E-state index in [1.165, 1.54) is 11.1 Å². The number of benzene rings is 2. The lowest BCUT2D eigenvalue weighted by atomic mass is 9.94. The van der Waals surface area contributed by atoms with Crippen LogP contribution in [0.25, 0.3) is 0 Å². The van der Waals surface area contributed by atoms with Crippen molar-refractivity contribution in [1.29, 1.82) is 0 Å². The Kier molecular flexibility index (Phi) is 7.44. The van der Waals surface area contributed by atoms with Crippen LogP contribution in [-0.2, 0) is 16.0 Å². The topological polar surface area (TPSA) is 70.7 Å². The van der Waals surface area contributed by atoms with E-state index in [1.807, 2.05) is 39.0 Å². The van der Waals surface area contributed by atoms with Crippen LogP contribution in [0.5, 0.6) is 5.75 Å². The van der Waals surface area contributed by atoms with Crippen molar-refractivity contribution in [2.45, 2.75) is 47.0 Å². The maximum atomic E-state index is 12.8. The molecule has 0 unspecified atom stereocenters. The van der Waals surface area contributed by atoms with Gasteiger partial charge in [0, 0.05) is 17.6 Å². The lowest BCUT2D eigenvalue weighted by molar-refractivity contribution is -0.126. The van der Waals surface area contributed by atoms with Crippen molar-refractivity contribution in [2.75, 3.05) is 36.5 Å². The molecular formula is C26H35N3O3. The molecule has 1 aliphatic heterocycles. The number of hydrogen-bond donors (Lipinski definition) is 2. The van der Waals surface area contributed by atoms with Crippen molar-refractivity contribution in [3.05, 3.63) is 53.6 Å². The first-order valence-electron chi connectivity index (χ1n) is 11.3. The summed E-state index contributed by atoms with van der Waals surface area (Å²) in [6.45, 7) is 11.8. The lowest BCUT2D eigenvalue weighted by Gasteiger charge is -2.34. The predicted molar refractivity (Wildman–Crippen MR) is 129 cm³/mol. The molecule has 6 heteroatoms. The summed E-state index contributed by atoms with van der Waals surface area (Å²) < 4.78 is 5.71. The third-order valence-corrected chi connectivity index (χ3v) is 5.54. The standard InChI is InChI=1S/C26H35N3O3/c1-18(2)20-8-6-19(7-9-20)12-13-27-24(30)17-28-21-10-11-23-22(16-21)29(14-15-32-23)25(31)26(3,4)5/h6-11,16,18,28H,12-15,17H2,1-5H3,(H,27,30). The Morgan fingerprint density at radius 3 is 2.47 bits per heavy atom. The zero-order chi connectivity index (χ0) is 23.3. The van der Waals surface area contributed by atoms with Crippen LogP contribution in [0.15, 0.2) is 42.5 Å². The number of hydrogen-bond acceptors (Lipinski definition) is 4. The van der Waals surface area contributed by atoms with Gasteiger partial charge in [0.2, 0.25) is 11.8 Å². The molecule has 0 aliphatic carbocycles. The van der Waals surface area contributed by atoms with Crippen molar-refractivity contribution in [3.63, 3.8) is 0 Å². The minimum Gasteiger partial charge on any atom is -0.490 e. The number of amides is 2. The Hall–Kier alpha value is -3.02. The van der Waals surface area contributed by atoms with E-state index >= 15 is 0 Å². The third-order valence-electron chi connectivity index (χ3n) is 5.54. The Morgan fingerprint density at radius 1 is 1.09 bits per heavy atom. The van der Waals surface area contributed by atoms with Crippen LogP contribution in [0.1, 0.15) is 51.7 Å². The summed E-state index contributed by atoms with van der Waals surface area (Å²) in [5.41, 5.74) is 3.57. The summed E-state index contributed by atoms with van der Waals surface area (Å²) in [4.78, 5) is 26.9. The van der Waals surface area contributed by atoms with Gasteiger partial charge < -0.3 is 20.3 Å². The van der Waals surface area contributed by atoms with Crippen LogP contribution in [0.3, 0.4) is 0 Å². The van der Waals surface area contributed by atoms with Gasteiger partial charge in [0.25, 0.3) is 0 Å². The van der Waals surface area contributed by atoms with Gasteiger partial charge in [-0.1, -0.05) is 58.9 Å². The summed E-state index contributed by atoms with van der Waals surface area (Å²) >= 11 is 0. The van der Waals surface area contributed by atoms with E-state index in [9.17, 15) is 9.59 Å². The highest BCUT2D eigenvalue weighted by Crippen LogP contribution is 2.36. The predicted octanol–water partition coefficient (Wildman–Crippen LogP) is 4.35. The fourth-order valence-electron chi connectivity index (χ4n) is 3.60. The molecule has 3 rings (SSSR count). The molecule has 0 saturated carbocycles. The fraction of sp³-hybridized carbons (Fsp3) is 0.462. The van der Waals surface area contributed by atoms with Crippen molar-refractivity contribution in [2.24, 2.45) is 5.41 Å². The molecule has 1 heterocycles. The van der Waals surface area contributed by atoms with Gasteiger partial charge in [-0.3, -0.25) is 9.59 Å². The summed E-state index contributed by atoms with van der Waals surface area (Å²) in [5.74, 6) is 1.19. The minimum atomic E-state index is -0.479. The molecule has 2 amide bonds. The molecule has 0 bridgehead atoms. The van der Waals surface area contributed by atoms with Crippen molar-refractivity contribution in [1.82, 2.24) is 5.32 Å². The smallest absolute Gasteiger partial charge is 0.239 e. The highest BCUT2D eigenvalue weighted by atomic mass is 16.5. The van der Waals surface area contributed by atoms with Gasteiger partial charge in [-0.15, -0.1) is 0 Å². The SMILES string of the molecule is CC(C)c1ccc(CCNC(=O)CNc2ccc3c(c2)N(C(=O)C(C)(C)C)CCO3)cc1. The van der Waals surface area contributed by atoms with E-state index in [4.69, 9.17) is 4.74 Å². The number of ether oxygens (including phenoxy) is 1. The maximum absolute atomic E-state index is 12.8. The number of carbonyl (C=O) groups is 2. The first-order chi connectivity index (χ1) is 15.1. The summed E-state index contributed by atoms with van der Waals surface area (Å²) in [5, 5.41) is 6.11. The van der Waals surface area contributed by atoms with Gasteiger partial charge in [0.05, 0.1) is 18.8 Å². The van der Waals surface area contributed by atoms with E-state index in [2.05, 4.69) is 48.7 Å². The molecule has 0 atom stereocenters. The monoisotopic (exact) mass is 437 g/mol. The highest BCUT2D eigenvalue weighted by Gasteiger charge is 2.31. The zero-order valence-electron chi connectivity index (χ0n) is 19.8. The van der Waals surface area contributed by atoms with E-state index < -0.39 is 5.41 Å². The van der Waals surface area contributed by atoms with E-state index in [1.54, 1.807) is 4.90 Å². The highest BCUT2D eigenvalue weighted by molar-refractivity contribution is 5.99. The van der Waals surface area contributed by atoms with Crippen LogP contribution in [0.4, 0.5) is 11.4 Å². The second-order valence-corrected chi connectivity index (χ2v) is 9.59. The third kappa shape index (κ3) is 6.02. The number of anilines is 2. The molecule has 2 aromatic carbocycles. The molecule has 172 valence electrons. The largest absolute Gasteiger partial charge is 0.490 e.